The molecule has 0 radical (unpaired) electrons. The first-order chi connectivity index (χ1) is 8.44. The quantitative estimate of drug-likeness (QED) is 0.779. The SMILES string of the molecule is CCNc1cc(CN(CC)CC(C)(C)O)ccn1. The van der Waals surface area contributed by atoms with Crippen molar-refractivity contribution < 1.29 is 5.11 Å². The third-order valence-electron chi connectivity index (χ3n) is 2.65. The van der Waals surface area contributed by atoms with E-state index in [9.17, 15) is 5.11 Å². The van der Waals surface area contributed by atoms with Crippen LogP contribution in [0.1, 0.15) is 33.3 Å². The van der Waals surface area contributed by atoms with Gasteiger partial charge < -0.3 is 10.4 Å². The summed E-state index contributed by atoms with van der Waals surface area (Å²) in [6.45, 7) is 11.1. The largest absolute Gasteiger partial charge is 0.389 e. The highest BCUT2D eigenvalue weighted by Crippen LogP contribution is 2.12. The number of likely N-dealkylation sites (N-methyl/N-ethyl adjacent to an activating group) is 1. The van der Waals surface area contributed by atoms with E-state index in [1.807, 2.05) is 26.1 Å². The van der Waals surface area contributed by atoms with E-state index in [1.54, 1.807) is 0 Å². The first-order valence-electron chi connectivity index (χ1n) is 6.58. The van der Waals surface area contributed by atoms with Crippen LogP contribution in [0.25, 0.3) is 0 Å². The van der Waals surface area contributed by atoms with E-state index in [0.29, 0.717) is 6.54 Å². The third-order valence-corrected chi connectivity index (χ3v) is 2.65. The number of rotatable bonds is 7. The van der Waals surface area contributed by atoms with E-state index in [1.165, 1.54) is 5.56 Å². The van der Waals surface area contributed by atoms with Crippen LogP contribution in [-0.4, -0.2) is 40.2 Å². The van der Waals surface area contributed by atoms with E-state index < -0.39 is 5.60 Å². The molecule has 0 amide bonds. The molecule has 18 heavy (non-hydrogen) atoms. The number of pyridine rings is 1. The van der Waals surface area contributed by atoms with Crippen molar-refractivity contribution in [3.63, 3.8) is 0 Å². The number of nitrogens with one attached hydrogen (secondary N) is 1. The van der Waals surface area contributed by atoms with Gasteiger partial charge in [0.25, 0.3) is 0 Å². The Labute approximate surface area is 110 Å². The van der Waals surface area contributed by atoms with E-state index in [-0.39, 0.29) is 0 Å². The molecule has 1 aromatic heterocycles. The van der Waals surface area contributed by atoms with Crippen LogP contribution in [0, 0.1) is 0 Å². The molecular weight excluding hydrogens is 226 g/mol. The van der Waals surface area contributed by atoms with E-state index in [4.69, 9.17) is 0 Å². The molecule has 0 saturated heterocycles. The summed E-state index contributed by atoms with van der Waals surface area (Å²) in [5, 5.41) is 13.1. The summed E-state index contributed by atoms with van der Waals surface area (Å²) in [4.78, 5) is 6.49. The van der Waals surface area contributed by atoms with Gasteiger partial charge in [-0.25, -0.2) is 4.98 Å². The van der Waals surface area contributed by atoms with E-state index in [0.717, 1.165) is 25.5 Å². The van der Waals surface area contributed by atoms with Crippen LogP contribution in [0.5, 0.6) is 0 Å². The predicted molar refractivity (Wildman–Crippen MR) is 75.6 cm³/mol. The van der Waals surface area contributed by atoms with Crippen LogP contribution < -0.4 is 5.32 Å². The van der Waals surface area contributed by atoms with Crippen molar-refractivity contribution in [1.82, 2.24) is 9.88 Å². The summed E-state index contributed by atoms with van der Waals surface area (Å²) >= 11 is 0. The van der Waals surface area contributed by atoms with Gasteiger partial charge in [0.05, 0.1) is 5.60 Å². The molecule has 0 atom stereocenters. The molecule has 4 heteroatoms. The molecule has 0 bridgehead atoms. The standard InChI is InChI=1S/C14H25N3O/c1-5-15-13-9-12(7-8-16-13)10-17(6-2)11-14(3,4)18/h7-9,18H,5-6,10-11H2,1-4H3,(H,15,16). The molecule has 0 fully saturated rings. The maximum Gasteiger partial charge on any atom is 0.126 e. The van der Waals surface area contributed by atoms with E-state index >= 15 is 0 Å². The molecule has 0 spiro atoms. The third kappa shape index (κ3) is 5.47. The number of aromatic nitrogens is 1. The maximum atomic E-state index is 9.87. The first kappa shape index (κ1) is 14.9. The molecule has 0 aliphatic heterocycles. The number of hydrogen-bond donors (Lipinski definition) is 2. The fraction of sp³-hybridized carbons (Fsp3) is 0.643. The van der Waals surface area contributed by atoms with E-state index in [2.05, 4.69) is 35.1 Å². The normalized spacial score (nSPS) is 11.9. The average molecular weight is 251 g/mol. The molecule has 102 valence electrons. The van der Waals surface area contributed by atoms with Crippen molar-refractivity contribution in [1.29, 1.82) is 0 Å². The molecule has 0 aromatic carbocycles. The second-order valence-corrected chi connectivity index (χ2v) is 5.20. The van der Waals surface area contributed by atoms with Gasteiger partial charge in [0, 0.05) is 25.8 Å². The van der Waals surface area contributed by atoms with Gasteiger partial charge in [-0.05, 0) is 45.0 Å². The van der Waals surface area contributed by atoms with Gasteiger partial charge in [-0.3, -0.25) is 4.90 Å². The number of aliphatic hydroxyl groups is 1. The summed E-state index contributed by atoms with van der Waals surface area (Å²) in [6, 6.07) is 4.09. The smallest absolute Gasteiger partial charge is 0.126 e. The zero-order chi connectivity index (χ0) is 13.6. The Kier molecular flexibility index (Phi) is 5.56. The summed E-state index contributed by atoms with van der Waals surface area (Å²) in [6.07, 6.45) is 1.82. The maximum absolute atomic E-state index is 9.87. The Morgan fingerprint density at radius 1 is 1.39 bits per heavy atom. The monoisotopic (exact) mass is 251 g/mol. The molecule has 1 heterocycles. The van der Waals surface area contributed by atoms with Crippen LogP contribution >= 0.6 is 0 Å². The van der Waals surface area contributed by atoms with Gasteiger partial charge in [0.1, 0.15) is 5.82 Å². The molecule has 2 N–H and O–H groups in total. The Morgan fingerprint density at radius 2 is 2.11 bits per heavy atom. The second-order valence-electron chi connectivity index (χ2n) is 5.20. The number of nitrogens with zero attached hydrogens (tertiary/aromatic N) is 2. The lowest BCUT2D eigenvalue weighted by molar-refractivity contribution is 0.0353. The summed E-state index contributed by atoms with van der Waals surface area (Å²) in [5.41, 5.74) is 0.556. The topological polar surface area (TPSA) is 48.4 Å². The van der Waals surface area contributed by atoms with Crippen molar-refractivity contribution >= 4 is 5.82 Å². The minimum Gasteiger partial charge on any atom is -0.389 e. The molecular formula is C14H25N3O. The van der Waals surface area contributed by atoms with Gasteiger partial charge in [-0.1, -0.05) is 6.92 Å². The summed E-state index contributed by atoms with van der Waals surface area (Å²) < 4.78 is 0. The van der Waals surface area contributed by atoms with Crippen molar-refractivity contribution in [2.75, 3.05) is 25.0 Å². The Balaban J connectivity index is 2.66. The number of hydrogen-bond acceptors (Lipinski definition) is 4. The summed E-state index contributed by atoms with van der Waals surface area (Å²) in [5.74, 6) is 0.911. The van der Waals surface area contributed by atoms with Crippen molar-refractivity contribution in [2.24, 2.45) is 0 Å². The summed E-state index contributed by atoms with van der Waals surface area (Å²) in [7, 11) is 0. The highest BCUT2D eigenvalue weighted by Gasteiger charge is 2.17. The lowest BCUT2D eigenvalue weighted by Gasteiger charge is -2.28. The van der Waals surface area contributed by atoms with Crippen LogP contribution in [0.2, 0.25) is 0 Å². The van der Waals surface area contributed by atoms with Crippen molar-refractivity contribution in [2.45, 2.75) is 39.8 Å². The first-order valence-corrected chi connectivity index (χ1v) is 6.58. The zero-order valence-electron chi connectivity index (χ0n) is 11.9. The van der Waals surface area contributed by atoms with Gasteiger partial charge in [0.15, 0.2) is 0 Å². The van der Waals surface area contributed by atoms with Gasteiger partial charge >= 0.3 is 0 Å². The molecule has 4 nitrogen and oxygen atoms in total. The van der Waals surface area contributed by atoms with Crippen LogP contribution in [-0.2, 0) is 6.54 Å². The van der Waals surface area contributed by atoms with Crippen LogP contribution in [0.15, 0.2) is 18.3 Å². The zero-order valence-corrected chi connectivity index (χ0v) is 11.9. The van der Waals surface area contributed by atoms with Gasteiger partial charge in [-0.2, -0.15) is 0 Å². The lowest BCUT2D eigenvalue weighted by Crippen LogP contribution is -2.38. The van der Waals surface area contributed by atoms with Crippen LogP contribution in [0.3, 0.4) is 0 Å². The number of anilines is 1. The minimum atomic E-state index is -0.659. The molecule has 0 aliphatic rings. The molecule has 0 saturated carbocycles. The van der Waals surface area contributed by atoms with Gasteiger partial charge in [0.2, 0.25) is 0 Å². The average Bonchev–Trinajstić information content (AvgIpc) is 2.27. The highest BCUT2D eigenvalue weighted by atomic mass is 16.3. The fourth-order valence-corrected chi connectivity index (χ4v) is 1.94. The van der Waals surface area contributed by atoms with Crippen molar-refractivity contribution in [3.05, 3.63) is 23.9 Å². The van der Waals surface area contributed by atoms with Gasteiger partial charge in [-0.15, -0.1) is 0 Å². The van der Waals surface area contributed by atoms with Crippen molar-refractivity contribution in [3.8, 4) is 0 Å². The highest BCUT2D eigenvalue weighted by molar-refractivity contribution is 5.37. The second kappa shape index (κ2) is 6.71. The Morgan fingerprint density at radius 3 is 2.67 bits per heavy atom. The fourth-order valence-electron chi connectivity index (χ4n) is 1.94. The Hall–Kier alpha value is -1.13. The predicted octanol–water partition coefficient (Wildman–Crippen LogP) is 2.11. The lowest BCUT2D eigenvalue weighted by atomic mass is 10.1. The molecule has 1 aromatic rings. The minimum absolute atomic E-state index is 0.659. The molecule has 0 unspecified atom stereocenters. The molecule has 1 rings (SSSR count). The Bertz CT molecular complexity index is 360. The van der Waals surface area contributed by atoms with Crippen LogP contribution in [0.4, 0.5) is 5.82 Å². The molecule has 0 aliphatic carbocycles.